The van der Waals surface area contributed by atoms with Crippen molar-refractivity contribution in [3.63, 3.8) is 0 Å². The third-order valence-corrected chi connectivity index (χ3v) is 3.76. The van der Waals surface area contributed by atoms with Gasteiger partial charge in [-0.25, -0.2) is 0 Å². The van der Waals surface area contributed by atoms with E-state index in [0.29, 0.717) is 0 Å². The van der Waals surface area contributed by atoms with Gasteiger partial charge < -0.3 is 15.0 Å². The summed E-state index contributed by atoms with van der Waals surface area (Å²) in [5.41, 5.74) is -0.00274. The van der Waals surface area contributed by atoms with E-state index in [1.807, 2.05) is 0 Å². The summed E-state index contributed by atoms with van der Waals surface area (Å²) in [6.07, 6.45) is 4.29. The van der Waals surface area contributed by atoms with Crippen LogP contribution in [0.5, 0.6) is 0 Å². The SMILES string of the molecule is CCCNC(C#N)CCN1CCCC(C)(OC)C1. The third kappa shape index (κ3) is 4.93. The number of hydrogen-bond acceptors (Lipinski definition) is 4. The van der Waals surface area contributed by atoms with Crippen molar-refractivity contribution in [1.29, 1.82) is 5.26 Å². The molecule has 2 unspecified atom stereocenters. The maximum atomic E-state index is 9.08. The predicted octanol–water partition coefficient (Wildman–Crippen LogP) is 1.77. The highest BCUT2D eigenvalue weighted by Gasteiger charge is 2.30. The number of hydrogen-bond donors (Lipinski definition) is 1. The van der Waals surface area contributed by atoms with Crippen molar-refractivity contribution >= 4 is 0 Å². The van der Waals surface area contributed by atoms with E-state index in [1.54, 1.807) is 7.11 Å². The molecule has 4 nitrogen and oxygen atoms in total. The maximum Gasteiger partial charge on any atom is 0.0965 e. The average Bonchev–Trinajstić information content (AvgIpc) is 2.39. The first-order chi connectivity index (χ1) is 8.63. The minimum atomic E-state index is -0.0133. The van der Waals surface area contributed by atoms with Crippen LogP contribution in [-0.4, -0.2) is 49.8 Å². The lowest BCUT2D eigenvalue weighted by Gasteiger charge is -2.39. The number of methoxy groups -OCH3 is 1. The minimum Gasteiger partial charge on any atom is -0.377 e. The van der Waals surface area contributed by atoms with Gasteiger partial charge >= 0.3 is 0 Å². The Bertz CT molecular complexity index is 277. The molecule has 0 aromatic heterocycles. The van der Waals surface area contributed by atoms with Crippen LogP contribution in [-0.2, 0) is 4.74 Å². The molecule has 0 aromatic rings. The molecule has 1 fully saturated rings. The summed E-state index contributed by atoms with van der Waals surface area (Å²) in [5, 5.41) is 12.3. The zero-order chi connectivity index (χ0) is 13.4. The van der Waals surface area contributed by atoms with Crippen molar-refractivity contribution in [2.75, 3.05) is 33.3 Å². The van der Waals surface area contributed by atoms with Crippen LogP contribution in [0.15, 0.2) is 0 Å². The molecule has 0 saturated carbocycles. The molecule has 2 atom stereocenters. The Morgan fingerprint density at radius 2 is 2.33 bits per heavy atom. The lowest BCUT2D eigenvalue weighted by molar-refractivity contribution is -0.0509. The number of nitrogens with one attached hydrogen (secondary N) is 1. The Labute approximate surface area is 111 Å². The summed E-state index contributed by atoms with van der Waals surface area (Å²) in [6, 6.07) is 2.33. The van der Waals surface area contributed by atoms with Gasteiger partial charge in [0.15, 0.2) is 0 Å². The van der Waals surface area contributed by atoms with Crippen LogP contribution in [0.4, 0.5) is 0 Å². The minimum absolute atomic E-state index is 0.00274. The van der Waals surface area contributed by atoms with Gasteiger partial charge in [-0.15, -0.1) is 0 Å². The smallest absolute Gasteiger partial charge is 0.0965 e. The van der Waals surface area contributed by atoms with Crippen molar-refractivity contribution < 1.29 is 4.74 Å². The second kappa shape index (κ2) is 7.73. The van der Waals surface area contributed by atoms with E-state index in [-0.39, 0.29) is 11.6 Å². The van der Waals surface area contributed by atoms with Gasteiger partial charge in [0, 0.05) is 20.2 Å². The zero-order valence-corrected chi connectivity index (χ0v) is 12.0. The molecule has 104 valence electrons. The van der Waals surface area contributed by atoms with Crippen LogP contribution in [0.3, 0.4) is 0 Å². The Morgan fingerprint density at radius 1 is 1.56 bits per heavy atom. The van der Waals surface area contributed by atoms with Gasteiger partial charge in [0.2, 0.25) is 0 Å². The summed E-state index contributed by atoms with van der Waals surface area (Å²) in [6.45, 7) is 8.31. The van der Waals surface area contributed by atoms with Gasteiger partial charge in [-0.05, 0) is 45.7 Å². The molecule has 1 N–H and O–H groups in total. The molecule has 18 heavy (non-hydrogen) atoms. The molecule has 0 spiro atoms. The second-order valence-corrected chi connectivity index (χ2v) is 5.46. The Morgan fingerprint density at radius 3 is 2.94 bits per heavy atom. The van der Waals surface area contributed by atoms with Gasteiger partial charge in [-0.1, -0.05) is 6.92 Å². The molecule has 0 aromatic carbocycles. The van der Waals surface area contributed by atoms with Crippen molar-refractivity contribution in [3.05, 3.63) is 0 Å². The average molecular weight is 253 g/mol. The molecule has 1 aliphatic rings. The summed E-state index contributed by atoms with van der Waals surface area (Å²) in [7, 11) is 1.80. The fourth-order valence-corrected chi connectivity index (χ4v) is 2.51. The van der Waals surface area contributed by atoms with E-state index >= 15 is 0 Å². The van der Waals surface area contributed by atoms with Crippen LogP contribution in [0.25, 0.3) is 0 Å². The van der Waals surface area contributed by atoms with Gasteiger partial charge in [-0.3, -0.25) is 0 Å². The van der Waals surface area contributed by atoms with Gasteiger partial charge in [0.25, 0.3) is 0 Å². The third-order valence-electron chi connectivity index (χ3n) is 3.76. The van der Waals surface area contributed by atoms with Gasteiger partial charge in [-0.2, -0.15) is 5.26 Å². The van der Waals surface area contributed by atoms with Crippen molar-refractivity contribution in [2.45, 2.75) is 51.2 Å². The quantitative estimate of drug-likeness (QED) is 0.751. The number of rotatable bonds is 7. The lowest BCUT2D eigenvalue weighted by Crippen LogP contribution is -2.48. The summed E-state index contributed by atoms with van der Waals surface area (Å²) >= 11 is 0. The normalized spacial score (nSPS) is 26.8. The monoisotopic (exact) mass is 253 g/mol. The molecular weight excluding hydrogens is 226 g/mol. The molecule has 1 saturated heterocycles. The summed E-state index contributed by atoms with van der Waals surface area (Å²) in [5.74, 6) is 0. The second-order valence-electron chi connectivity index (χ2n) is 5.46. The molecule has 0 aliphatic carbocycles. The lowest BCUT2D eigenvalue weighted by atomic mass is 9.94. The number of nitriles is 1. The zero-order valence-electron chi connectivity index (χ0n) is 12.0. The Hall–Kier alpha value is -0.630. The highest BCUT2D eigenvalue weighted by atomic mass is 16.5. The van der Waals surface area contributed by atoms with E-state index in [1.165, 1.54) is 6.42 Å². The van der Waals surface area contributed by atoms with Crippen LogP contribution < -0.4 is 5.32 Å². The molecule has 1 aliphatic heterocycles. The van der Waals surface area contributed by atoms with E-state index in [2.05, 4.69) is 30.1 Å². The molecule has 1 rings (SSSR count). The standard InChI is InChI=1S/C14H27N3O/c1-4-8-16-13(11-15)6-10-17-9-5-7-14(2,12-17)18-3/h13,16H,4-10,12H2,1-3H3. The molecule has 0 amide bonds. The van der Waals surface area contributed by atoms with Crippen LogP contribution in [0, 0.1) is 11.3 Å². The van der Waals surface area contributed by atoms with Gasteiger partial charge in [0.05, 0.1) is 17.7 Å². The first-order valence-corrected chi connectivity index (χ1v) is 7.04. The van der Waals surface area contributed by atoms with Crippen molar-refractivity contribution in [3.8, 4) is 6.07 Å². The number of ether oxygens (including phenoxy) is 1. The highest BCUT2D eigenvalue weighted by Crippen LogP contribution is 2.23. The Balaban J connectivity index is 2.31. The maximum absolute atomic E-state index is 9.08. The van der Waals surface area contributed by atoms with E-state index in [4.69, 9.17) is 10.00 Å². The van der Waals surface area contributed by atoms with Crippen LogP contribution >= 0.6 is 0 Å². The molecular formula is C14H27N3O. The topological polar surface area (TPSA) is 48.3 Å². The van der Waals surface area contributed by atoms with E-state index in [0.717, 1.165) is 45.4 Å². The van der Waals surface area contributed by atoms with Crippen LogP contribution in [0.1, 0.15) is 39.5 Å². The van der Waals surface area contributed by atoms with Crippen molar-refractivity contribution in [2.24, 2.45) is 0 Å². The molecule has 1 heterocycles. The number of nitrogens with zero attached hydrogens (tertiary/aromatic N) is 2. The molecule has 4 heteroatoms. The van der Waals surface area contributed by atoms with Crippen molar-refractivity contribution in [1.82, 2.24) is 10.2 Å². The van der Waals surface area contributed by atoms with Crippen LogP contribution in [0.2, 0.25) is 0 Å². The van der Waals surface area contributed by atoms with Gasteiger partial charge in [0.1, 0.15) is 0 Å². The first kappa shape index (κ1) is 15.4. The molecule has 0 radical (unpaired) electrons. The Kier molecular flexibility index (Phi) is 6.62. The number of likely N-dealkylation sites (tertiary alicyclic amines) is 1. The summed E-state index contributed by atoms with van der Waals surface area (Å²) < 4.78 is 5.58. The largest absolute Gasteiger partial charge is 0.377 e. The van der Waals surface area contributed by atoms with E-state index < -0.39 is 0 Å². The summed E-state index contributed by atoms with van der Waals surface area (Å²) in [4.78, 5) is 2.42. The fourth-order valence-electron chi connectivity index (χ4n) is 2.51. The number of piperidine rings is 1. The molecule has 0 bridgehead atoms. The van der Waals surface area contributed by atoms with E-state index in [9.17, 15) is 0 Å². The first-order valence-electron chi connectivity index (χ1n) is 7.04. The predicted molar refractivity (Wildman–Crippen MR) is 73.4 cm³/mol. The fraction of sp³-hybridized carbons (Fsp3) is 0.929. The highest BCUT2D eigenvalue weighted by molar-refractivity contribution is 4.91.